The number of carbonyl (C=O) groups is 3. The van der Waals surface area contributed by atoms with Gasteiger partial charge in [-0.05, 0) is 62.1 Å². The minimum atomic E-state index is -0.389. The molecule has 1 heterocycles. The molecular formula is C23H25N3O3. The number of hydrogen-bond acceptors (Lipinski definition) is 3. The Hall–Kier alpha value is -3.15. The average molecular weight is 391 g/mol. The van der Waals surface area contributed by atoms with Crippen molar-refractivity contribution >= 4 is 29.2 Å². The molecule has 2 aromatic rings. The maximum absolute atomic E-state index is 12.9. The van der Waals surface area contributed by atoms with Crippen LogP contribution in [0.5, 0.6) is 0 Å². The fourth-order valence-electron chi connectivity index (χ4n) is 4.18. The van der Waals surface area contributed by atoms with Gasteiger partial charge in [0.2, 0.25) is 0 Å². The second-order valence-electron chi connectivity index (χ2n) is 7.86. The topological polar surface area (TPSA) is 78.5 Å². The van der Waals surface area contributed by atoms with Crippen LogP contribution in [-0.4, -0.2) is 28.8 Å². The number of imide groups is 1. The van der Waals surface area contributed by atoms with Gasteiger partial charge in [-0.3, -0.25) is 14.5 Å². The van der Waals surface area contributed by atoms with Crippen molar-refractivity contribution in [3.63, 3.8) is 0 Å². The lowest BCUT2D eigenvalue weighted by Crippen LogP contribution is -2.40. The van der Waals surface area contributed by atoms with Crippen molar-refractivity contribution < 1.29 is 14.4 Å². The van der Waals surface area contributed by atoms with E-state index in [4.69, 9.17) is 0 Å². The molecule has 4 amide bonds. The van der Waals surface area contributed by atoms with Crippen molar-refractivity contribution in [1.29, 1.82) is 0 Å². The monoisotopic (exact) mass is 391 g/mol. The number of hydrogen-bond donors (Lipinski definition) is 2. The molecule has 0 spiro atoms. The Balaban J connectivity index is 1.50. The molecule has 1 fully saturated rings. The first kappa shape index (κ1) is 19.2. The van der Waals surface area contributed by atoms with Crippen LogP contribution in [0, 0.1) is 13.8 Å². The van der Waals surface area contributed by atoms with Crippen LogP contribution in [0.3, 0.4) is 0 Å². The lowest BCUT2D eigenvalue weighted by Gasteiger charge is -2.29. The van der Waals surface area contributed by atoms with Gasteiger partial charge in [0.05, 0.1) is 11.1 Å². The molecule has 4 rings (SSSR count). The number of rotatable bonds is 3. The molecule has 2 N–H and O–H groups in total. The average Bonchev–Trinajstić information content (AvgIpc) is 2.96. The molecule has 29 heavy (non-hydrogen) atoms. The molecule has 0 atom stereocenters. The van der Waals surface area contributed by atoms with Gasteiger partial charge in [-0.1, -0.05) is 31.4 Å². The summed E-state index contributed by atoms with van der Waals surface area (Å²) in [6, 6.07) is 10.2. The number of amides is 4. The quantitative estimate of drug-likeness (QED) is 0.732. The lowest BCUT2D eigenvalue weighted by molar-refractivity contribution is 0.0549. The molecule has 2 aromatic carbocycles. The summed E-state index contributed by atoms with van der Waals surface area (Å²) in [5.74, 6) is -0.473. The van der Waals surface area contributed by atoms with Gasteiger partial charge in [0.1, 0.15) is 0 Å². The smallest absolute Gasteiger partial charge is 0.308 e. The summed E-state index contributed by atoms with van der Waals surface area (Å²) in [7, 11) is 0. The second-order valence-corrected chi connectivity index (χ2v) is 7.86. The zero-order chi connectivity index (χ0) is 20.5. The number of fused-ring (bicyclic) bond motifs is 1. The van der Waals surface area contributed by atoms with Gasteiger partial charge < -0.3 is 10.6 Å². The van der Waals surface area contributed by atoms with Crippen molar-refractivity contribution in [2.24, 2.45) is 0 Å². The molecule has 0 radical (unpaired) electrons. The molecule has 0 aromatic heterocycles. The summed E-state index contributed by atoms with van der Waals surface area (Å²) >= 11 is 0. The summed E-state index contributed by atoms with van der Waals surface area (Å²) in [6.07, 6.45) is 4.99. The maximum Gasteiger partial charge on any atom is 0.323 e. The Morgan fingerprint density at radius 1 is 0.931 bits per heavy atom. The van der Waals surface area contributed by atoms with Gasteiger partial charge in [0, 0.05) is 17.4 Å². The van der Waals surface area contributed by atoms with E-state index in [2.05, 4.69) is 10.6 Å². The summed E-state index contributed by atoms with van der Waals surface area (Å²) < 4.78 is 0. The summed E-state index contributed by atoms with van der Waals surface area (Å²) in [5.41, 5.74) is 4.09. The third-order valence-corrected chi connectivity index (χ3v) is 5.97. The first-order valence-corrected chi connectivity index (χ1v) is 10.1. The van der Waals surface area contributed by atoms with Crippen molar-refractivity contribution in [2.45, 2.75) is 52.0 Å². The first-order valence-electron chi connectivity index (χ1n) is 10.1. The fourth-order valence-corrected chi connectivity index (χ4v) is 4.18. The molecule has 1 aliphatic carbocycles. The third-order valence-electron chi connectivity index (χ3n) is 5.97. The zero-order valence-electron chi connectivity index (χ0n) is 16.7. The van der Waals surface area contributed by atoms with Gasteiger partial charge in [-0.25, -0.2) is 4.79 Å². The Kier molecular flexibility index (Phi) is 5.09. The molecule has 0 saturated heterocycles. The summed E-state index contributed by atoms with van der Waals surface area (Å²) in [4.78, 5) is 39.5. The largest absolute Gasteiger partial charge is 0.323 e. The first-order chi connectivity index (χ1) is 14.0. The highest BCUT2D eigenvalue weighted by Gasteiger charge is 2.40. The Labute approximate surface area is 170 Å². The highest BCUT2D eigenvalue weighted by molar-refractivity contribution is 6.22. The van der Waals surface area contributed by atoms with E-state index < -0.39 is 0 Å². The molecular weight excluding hydrogens is 366 g/mol. The van der Waals surface area contributed by atoms with E-state index in [0.717, 1.165) is 48.9 Å². The minimum absolute atomic E-state index is 0.0137. The number of urea groups is 1. The van der Waals surface area contributed by atoms with Crippen LogP contribution in [0.1, 0.15) is 63.9 Å². The molecule has 0 bridgehead atoms. The molecule has 6 heteroatoms. The normalized spacial score (nSPS) is 16.7. The van der Waals surface area contributed by atoms with Crippen LogP contribution < -0.4 is 10.6 Å². The highest BCUT2D eigenvalue weighted by atomic mass is 16.2. The lowest BCUT2D eigenvalue weighted by atomic mass is 9.94. The standard InChI is InChI=1S/C23H25N3O3/c1-14-7-6-10-20(15(14)2)25-23(29)24-16-11-12-18-19(13-16)22(28)26(21(18)27)17-8-4-3-5-9-17/h6-7,10-13,17H,3-5,8-9H2,1-2H3,(H2,24,25,29). The minimum Gasteiger partial charge on any atom is -0.308 e. The number of nitrogens with one attached hydrogen (secondary N) is 2. The number of benzene rings is 2. The summed E-state index contributed by atoms with van der Waals surface area (Å²) in [5, 5.41) is 5.60. The van der Waals surface area contributed by atoms with Crippen LogP contribution in [-0.2, 0) is 0 Å². The van der Waals surface area contributed by atoms with Crippen LogP contribution in [0.25, 0.3) is 0 Å². The molecule has 6 nitrogen and oxygen atoms in total. The Morgan fingerprint density at radius 2 is 1.66 bits per heavy atom. The van der Waals surface area contributed by atoms with Crippen molar-refractivity contribution in [2.75, 3.05) is 10.6 Å². The van der Waals surface area contributed by atoms with E-state index in [1.54, 1.807) is 18.2 Å². The van der Waals surface area contributed by atoms with Crippen molar-refractivity contribution in [3.05, 3.63) is 58.7 Å². The van der Waals surface area contributed by atoms with Gasteiger partial charge in [-0.15, -0.1) is 0 Å². The van der Waals surface area contributed by atoms with Gasteiger partial charge in [0.25, 0.3) is 11.8 Å². The van der Waals surface area contributed by atoms with Crippen molar-refractivity contribution in [1.82, 2.24) is 4.90 Å². The van der Waals surface area contributed by atoms with E-state index in [-0.39, 0.29) is 23.9 Å². The third kappa shape index (κ3) is 3.62. The number of nitrogens with zero attached hydrogens (tertiary/aromatic N) is 1. The highest BCUT2D eigenvalue weighted by Crippen LogP contribution is 2.32. The zero-order valence-corrected chi connectivity index (χ0v) is 16.7. The molecule has 150 valence electrons. The van der Waals surface area contributed by atoms with Gasteiger partial charge in [0.15, 0.2) is 0 Å². The van der Waals surface area contributed by atoms with E-state index in [0.29, 0.717) is 16.8 Å². The number of anilines is 2. The van der Waals surface area contributed by atoms with Crippen LogP contribution >= 0.6 is 0 Å². The number of carbonyl (C=O) groups excluding carboxylic acids is 3. The molecule has 2 aliphatic rings. The fraction of sp³-hybridized carbons (Fsp3) is 0.348. The SMILES string of the molecule is Cc1cccc(NC(=O)Nc2ccc3c(c2)C(=O)N(C2CCCCC2)C3=O)c1C. The number of aryl methyl sites for hydroxylation is 1. The predicted octanol–water partition coefficient (Wildman–Crippen LogP) is 4.88. The Bertz CT molecular complexity index is 993. The van der Waals surface area contributed by atoms with Crippen LogP contribution in [0.15, 0.2) is 36.4 Å². The second kappa shape index (κ2) is 7.70. The molecule has 0 unspecified atom stereocenters. The van der Waals surface area contributed by atoms with E-state index in [1.165, 1.54) is 4.90 Å². The van der Waals surface area contributed by atoms with Crippen LogP contribution in [0.2, 0.25) is 0 Å². The van der Waals surface area contributed by atoms with E-state index in [9.17, 15) is 14.4 Å². The predicted molar refractivity (Wildman–Crippen MR) is 112 cm³/mol. The summed E-state index contributed by atoms with van der Waals surface area (Å²) in [6.45, 7) is 3.93. The van der Waals surface area contributed by atoms with Crippen molar-refractivity contribution in [3.8, 4) is 0 Å². The molecule has 1 saturated carbocycles. The van der Waals surface area contributed by atoms with Crippen LogP contribution in [0.4, 0.5) is 16.2 Å². The van der Waals surface area contributed by atoms with E-state index in [1.807, 2.05) is 32.0 Å². The molecule has 1 aliphatic heterocycles. The van der Waals surface area contributed by atoms with Gasteiger partial charge >= 0.3 is 6.03 Å². The van der Waals surface area contributed by atoms with E-state index >= 15 is 0 Å². The maximum atomic E-state index is 12.9. The van der Waals surface area contributed by atoms with Gasteiger partial charge in [-0.2, -0.15) is 0 Å². The Morgan fingerprint density at radius 3 is 2.41 bits per heavy atom.